The molecule has 0 unspecified atom stereocenters. The topological polar surface area (TPSA) is 55.1 Å². The van der Waals surface area contributed by atoms with Crippen LogP contribution in [0.1, 0.15) is 60.1 Å². The van der Waals surface area contributed by atoms with Crippen LogP contribution in [0.3, 0.4) is 0 Å². The zero-order chi connectivity index (χ0) is 25.2. The summed E-state index contributed by atoms with van der Waals surface area (Å²) < 4.78 is 1.60. The molecule has 0 spiro atoms. The number of hydrogen-bond donors (Lipinski definition) is 1. The van der Waals surface area contributed by atoms with Gasteiger partial charge in [-0.2, -0.15) is 5.10 Å². The molecule has 0 aliphatic carbocycles. The van der Waals surface area contributed by atoms with E-state index in [0.717, 1.165) is 42.5 Å². The van der Waals surface area contributed by atoms with E-state index in [0.29, 0.717) is 18.7 Å². The van der Waals surface area contributed by atoms with Crippen molar-refractivity contribution in [1.82, 2.24) is 9.78 Å². The summed E-state index contributed by atoms with van der Waals surface area (Å²) in [6.45, 7) is 2.59. The molecule has 0 saturated heterocycles. The Kier molecular flexibility index (Phi) is 8.87. The first-order valence-corrected chi connectivity index (χ1v) is 12.8. The van der Waals surface area contributed by atoms with E-state index < -0.39 is 0 Å². The lowest BCUT2D eigenvalue weighted by Gasteiger charge is -2.18. The Morgan fingerprint density at radius 1 is 0.861 bits per heavy atom. The van der Waals surface area contributed by atoms with Gasteiger partial charge in [0, 0.05) is 19.0 Å². The minimum atomic E-state index is -0.0782. The van der Waals surface area contributed by atoms with Crippen molar-refractivity contribution in [3.63, 3.8) is 0 Å². The second-order valence-electron chi connectivity index (χ2n) is 9.10. The lowest BCUT2D eigenvalue weighted by Crippen LogP contribution is -2.24. The van der Waals surface area contributed by atoms with Crippen LogP contribution < -0.4 is 5.56 Å². The highest BCUT2D eigenvalue weighted by Crippen LogP contribution is 2.30. The van der Waals surface area contributed by atoms with Crippen molar-refractivity contribution in [3.05, 3.63) is 147 Å². The van der Waals surface area contributed by atoms with Crippen LogP contribution in [0.5, 0.6) is 0 Å². The molecule has 0 saturated carbocycles. The van der Waals surface area contributed by atoms with E-state index in [-0.39, 0.29) is 11.5 Å². The summed E-state index contributed by atoms with van der Waals surface area (Å²) >= 11 is 0. The molecule has 1 aromatic heterocycles. The maximum Gasteiger partial charge on any atom is 0.266 e. The maximum absolute atomic E-state index is 12.6. The van der Waals surface area contributed by atoms with Gasteiger partial charge in [-0.25, -0.2) is 4.68 Å². The molecule has 4 rings (SSSR count). The number of aryl methyl sites for hydroxylation is 3. The number of aliphatic hydroxyl groups is 1. The Hall–Kier alpha value is -3.92. The Labute approximate surface area is 213 Å². The molecule has 0 atom stereocenters. The average molecular weight is 479 g/mol. The fourth-order valence-corrected chi connectivity index (χ4v) is 4.59. The van der Waals surface area contributed by atoms with Crippen LogP contribution in [0, 0.1) is 0 Å². The van der Waals surface area contributed by atoms with Crippen molar-refractivity contribution in [1.29, 1.82) is 0 Å². The molecule has 3 aromatic carbocycles. The van der Waals surface area contributed by atoms with Gasteiger partial charge in [0.2, 0.25) is 0 Å². The maximum atomic E-state index is 12.6. The van der Waals surface area contributed by atoms with Gasteiger partial charge in [-0.05, 0) is 60.1 Å². The molecule has 0 aliphatic rings. The van der Waals surface area contributed by atoms with Crippen molar-refractivity contribution in [2.45, 2.75) is 51.5 Å². The van der Waals surface area contributed by atoms with E-state index in [4.69, 9.17) is 5.10 Å². The fourth-order valence-electron chi connectivity index (χ4n) is 4.59. The van der Waals surface area contributed by atoms with E-state index in [2.05, 4.69) is 48.5 Å². The monoisotopic (exact) mass is 478 g/mol. The number of nitrogens with zero attached hydrogens (tertiary/aromatic N) is 2. The lowest BCUT2D eigenvalue weighted by molar-refractivity contribution is 0.386. The summed E-state index contributed by atoms with van der Waals surface area (Å²) in [4.78, 5) is 12.6. The molecule has 1 heterocycles. The van der Waals surface area contributed by atoms with Gasteiger partial charge >= 0.3 is 0 Å². The molecule has 4 heteroatoms. The second-order valence-corrected chi connectivity index (χ2v) is 9.10. The van der Waals surface area contributed by atoms with E-state index in [9.17, 15) is 9.90 Å². The number of hydrogen-bond acceptors (Lipinski definition) is 3. The Morgan fingerprint density at radius 2 is 1.50 bits per heavy atom. The van der Waals surface area contributed by atoms with Crippen molar-refractivity contribution >= 4 is 0 Å². The SMILES string of the molecule is CC/C=C(\O)CCc1cccc(CCCn2nc(C(c3ccccc3)c3ccccc3)ccc2=O)c1. The van der Waals surface area contributed by atoms with Crippen molar-refractivity contribution in [3.8, 4) is 0 Å². The lowest BCUT2D eigenvalue weighted by atomic mass is 9.88. The van der Waals surface area contributed by atoms with Crippen LogP contribution in [-0.4, -0.2) is 14.9 Å². The number of rotatable bonds is 11. The smallest absolute Gasteiger partial charge is 0.266 e. The van der Waals surface area contributed by atoms with Crippen LogP contribution in [0.2, 0.25) is 0 Å². The highest BCUT2D eigenvalue weighted by atomic mass is 16.3. The number of allylic oxidation sites excluding steroid dienone is 2. The third kappa shape index (κ3) is 6.82. The first-order chi connectivity index (χ1) is 17.6. The van der Waals surface area contributed by atoms with Gasteiger partial charge in [0.25, 0.3) is 5.56 Å². The van der Waals surface area contributed by atoms with Crippen LogP contribution >= 0.6 is 0 Å². The van der Waals surface area contributed by atoms with Gasteiger partial charge in [-0.3, -0.25) is 4.79 Å². The Morgan fingerprint density at radius 3 is 2.14 bits per heavy atom. The minimum Gasteiger partial charge on any atom is -0.513 e. The van der Waals surface area contributed by atoms with Gasteiger partial charge in [-0.1, -0.05) is 91.9 Å². The fraction of sp³-hybridized carbons (Fsp3) is 0.250. The van der Waals surface area contributed by atoms with E-state index >= 15 is 0 Å². The van der Waals surface area contributed by atoms with E-state index in [1.165, 1.54) is 11.1 Å². The molecular formula is C32H34N2O2. The van der Waals surface area contributed by atoms with Crippen molar-refractivity contribution in [2.24, 2.45) is 0 Å². The molecule has 1 N–H and O–H groups in total. The third-order valence-corrected chi connectivity index (χ3v) is 6.39. The molecule has 0 amide bonds. The van der Waals surface area contributed by atoms with Gasteiger partial charge in [-0.15, -0.1) is 0 Å². The highest BCUT2D eigenvalue weighted by Gasteiger charge is 2.19. The molecule has 0 radical (unpaired) electrons. The molecule has 0 fully saturated rings. The summed E-state index contributed by atoms with van der Waals surface area (Å²) in [5, 5.41) is 14.7. The summed E-state index contributed by atoms with van der Waals surface area (Å²) in [5.41, 5.74) is 5.55. The highest BCUT2D eigenvalue weighted by molar-refractivity contribution is 5.39. The van der Waals surface area contributed by atoms with Crippen molar-refractivity contribution in [2.75, 3.05) is 0 Å². The van der Waals surface area contributed by atoms with Crippen LogP contribution in [0.4, 0.5) is 0 Å². The third-order valence-electron chi connectivity index (χ3n) is 6.39. The average Bonchev–Trinajstić information content (AvgIpc) is 2.91. The standard InChI is InChI=1S/C32H34N2O2/c1-2-11-29(35)20-19-26-13-9-12-25(24-26)14-10-23-34-31(36)22-21-30(33-34)32(27-15-5-3-6-16-27)28-17-7-4-8-18-28/h3-9,11-13,15-18,21-22,24,32,35H,2,10,14,19-20,23H2,1H3/b29-11-. The largest absolute Gasteiger partial charge is 0.513 e. The molecule has 4 aromatic rings. The zero-order valence-electron chi connectivity index (χ0n) is 20.9. The summed E-state index contributed by atoms with van der Waals surface area (Å²) in [6.07, 6.45) is 5.87. The summed E-state index contributed by atoms with van der Waals surface area (Å²) in [7, 11) is 0. The molecule has 36 heavy (non-hydrogen) atoms. The van der Waals surface area contributed by atoms with Gasteiger partial charge in [0.15, 0.2) is 0 Å². The number of aromatic nitrogens is 2. The normalized spacial score (nSPS) is 11.7. The Balaban J connectivity index is 1.47. The van der Waals surface area contributed by atoms with E-state index in [1.807, 2.05) is 55.5 Å². The molecule has 0 aliphatic heterocycles. The molecule has 184 valence electrons. The van der Waals surface area contributed by atoms with E-state index in [1.54, 1.807) is 10.7 Å². The molecular weight excluding hydrogens is 444 g/mol. The quantitative estimate of drug-likeness (QED) is 0.240. The van der Waals surface area contributed by atoms with Gasteiger partial charge < -0.3 is 5.11 Å². The Bertz CT molecular complexity index is 1290. The van der Waals surface area contributed by atoms with Crippen LogP contribution in [0.15, 0.2) is 114 Å². The van der Waals surface area contributed by atoms with Crippen molar-refractivity contribution < 1.29 is 5.11 Å². The van der Waals surface area contributed by atoms with Crippen LogP contribution in [0.25, 0.3) is 0 Å². The predicted octanol–water partition coefficient (Wildman–Crippen LogP) is 6.84. The number of aliphatic hydroxyl groups excluding tert-OH is 1. The number of benzene rings is 3. The van der Waals surface area contributed by atoms with Crippen LogP contribution in [-0.2, 0) is 19.4 Å². The summed E-state index contributed by atoms with van der Waals surface area (Å²) in [5.74, 6) is 0.423. The van der Waals surface area contributed by atoms with Gasteiger partial charge in [0.1, 0.15) is 0 Å². The first-order valence-electron chi connectivity index (χ1n) is 12.8. The first kappa shape index (κ1) is 25.2. The zero-order valence-corrected chi connectivity index (χ0v) is 20.9. The molecule has 4 nitrogen and oxygen atoms in total. The molecule has 0 bridgehead atoms. The predicted molar refractivity (Wildman–Crippen MR) is 146 cm³/mol. The minimum absolute atomic E-state index is 0.0332. The van der Waals surface area contributed by atoms with Gasteiger partial charge in [0.05, 0.1) is 17.4 Å². The summed E-state index contributed by atoms with van der Waals surface area (Å²) in [6, 6.07) is 32.6. The second kappa shape index (κ2) is 12.7.